The minimum atomic E-state index is -0.0403. The lowest BCUT2D eigenvalue weighted by Crippen LogP contribution is -2.31. The Kier molecular flexibility index (Phi) is 9.86. The van der Waals surface area contributed by atoms with Crippen LogP contribution in [0.3, 0.4) is 0 Å². The van der Waals surface area contributed by atoms with Gasteiger partial charge in [0.1, 0.15) is 0 Å². The largest absolute Gasteiger partial charge is 0.351 e. The normalized spacial score (nSPS) is 21.7. The maximum Gasteiger partial charge on any atom is 0.251 e. The van der Waals surface area contributed by atoms with E-state index in [-0.39, 0.29) is 5.91 Å². The second-order valence-corrected chi connectivity index (χ2v) is 3.11. The fourth-order valence-corrected chi connectivity index (χ4v) is 1.12. The fourth-order valence-electron chi connectivity index (χ4n) is 1.12. The van der Waals surface area contributed by atoms with Crippen LogP contribution in [0.5, 0.6) is 0 Å². The number of nitrogens with one attached hydrogen (secondary N) is 2. The zero-order chi connectivity index (χ0) is 12.9. The van der Waals surface area contributed by atoms with Crippen LogP contribution >= 0.6 is 0 Å². The molecule has 1 aliphatic rings. The van der Waals surface area contributed by atoms with Gasteiger partial charge in [-0.2, -0.15) is 0 Å². The van der Waals surface area contributed by atoms with Crippen LogP contribution in [0.25, 0.3) is 0 Å². The molecule has 0 saturated heterocycles. The molecule has 94 valence electrons. The van der Waals surface area contributed by atoms with Crippen LogP contribution in [0.4, 0.5) is 0 Å². The van der Waals surface area contributed by atoms with Gasteiger partial charge in [-0.3, -0.25) is 4.79 Å². The summed E-state index contributed by atoms with van der Waals surface area (Å²) in [6.45, 7) is 5.42. The first kappa shape index (κ1) is 15.4. The SMILES string of the molecule is CC.CNCCNC(=O)C1=C/C=C\C=C/C=C\1. The molecule has 0 spiro atoms. The third kappa shape index (κ3) is 7.30. The Labute approximate surface area is 104 Å². The smallest absolute Gasteiger partial charge is 0.251 e. The van der Waals surface area contributed by atoms with Gasteiger partial charge in [-0.1, -0.05) is 44.2 Å². The number of carbonyl (C=O) groups is 1. The van der Waals surface area contributed by atoms with Gasteiger partial charge in [0.05, 0.1) is 0 Å². The number of amides is 1. The number of allylic oxidation sites excluding steroid dienone is 6. The van der Waals surface area contributed by atoms with Crippen LogP contribution in [0, 0.1) is 0 Å². The van der Waals surface area contributed by atoms with Crippen LogP contribution in [0.1, 0.15) is 13.8 Å². The Morgan fingerprint density at radius 2 is 1.71 bits per heavy atom. The van der Waals surface area contributed by atoms with Gasteiger partial charge in [0.2, 0.25) is 0 Å². The molecule has 0 aliphatic heterocycles. The van der Waals surface area contributed by atoms with Gasteiger partial charge >= 0.3 is 0 Å². The first-order chi connectivity index (χ1) is 8.34. The summed E-state index contributed by atoms with van der Waals surface area (Å²) in [5.41, 5.74) is 0.673. The Hall–Kier alpha value is -1.61. The van der Waals surface area contributed by atoms with E-state index in [0.717, 1.165) is 6.54 Å². The number of rotatable bonds is 4. The van der Waals surface area contributed by atoms with Crippen molar-refractivity contribution in [3.8, 4) is 0 Å². The predicted octanol–water partition coefficient (Wildman–Crippen LogP) is 1.96. The van der Waals surface area contributed by atoms with Gasteiger partial charge in [-0.25, -0.2) is 0 Å². The van der Waals surface area contributed by atoms with Crippen LogP contribution in [0.2, 0.25) is 0 Å². The summed E-state index contributed by atoms with van der Waals surface area (Å²) in [5, 5.41) is 5.79. The molecule has 1 rings (SSSR count). The van der Waals surface area contributed by atoms with E-state index >= 15 is 0 Å². The Bertz CT molecular complexity index is 325. The maximum atomic E-state index is 11.6. The van der Waals surface area contributed by atoms with Crippen molar-refractivity contribution in [2.45, 2.75) is 13.8 Å². The Morgan fingerprint density at radius 3 is 2.41 bits per heavy atom. The average Bonchev–Trinajstić information content (AvgIpc) is 2.31. The van der Waals surface area contributed by atoms with Crippen molar-refractivity contribution < 1.29 is 4.79 Å². The molecule has 0 aromatic heterocycles. The first-order valence-corrected chi connectivity index (χ1v) is 5.99. The van der Waals surface area contributed by atoms with Gasteiger partial charge in [0.25, 0.3) is 5.91 Å². The molecule has 17 heavy (non-hydrogen) atoms. The van der Waals surface area contributed by atoms with Crippen molar-refractivity contribution in [1.29, 1.82) is 0 Å². The summed E-state index contributed by atoms with van der Waals surface area (Å²) in [5.74, 6) is -0.0403. The molecule has 1 aliphatic carbocycles. The second-order valence-electron chi connectivity index (χ2n) is 3.11. The lowest BCUT2D eigenvalue weighted by atomic mass is 10.1. The molecular weight excluding hydrogens is 212 g/mol. The van der Waals surface area contributed by atoms with Gasteiger partial charge in [0.15, 0.2) is 0 Å². The van der Waals surface area contributed by atoms with E-state index in [1.54, 1.807) is 12.2 Å². The van der Waals surface area contributed by atoms with Gasteiger partial charge < -0.3 is 10.6 Å². The molecule has 3 nitrogen and oxygen atoms in total. The summed E-state index contributed by atoms with van der Waals surface area (Å²) in [7, 11) is 1.86. The second kappa shape index (κ2) is 10.9. The molecule has 0 aromatic rings. The molecule has 3 heteroatoms. The van der Waals surface area contributed by atoms with E-state index in [0.29, 0.717) is 12.1 Å². The molecule has 0 saturated carbocycles. The fraction of sp³-hybridized carbons (Fsp3) is 0.357. The lowest BCUT2D eigenvalue weighted by Gasteiger charge is -2.04. The maximum absolute atomic E-state index is 11.6. The van der Waals surface area contributed by atoms with Crippen molar-refractivity contribution in [3.05, 3.63) is 48.1 Å². The zero-order valence-electron chi connectivity index (χ0n) is 10.9. The molecule has 2 N–H and O–H groups in total. The number of hydrogen-bond donors (Lipinski definition) is 2. The van der Waals surface area contributed by atoms with Crippen molar-refractivity contribution >= 4 is 5.91 Å². The molecule has 0 unspecified atom stereocenters. The number of likely N-dealkylation sites (N-methyl/N-ethyl adjacent to an activating group) is 1. The molecule has 0 aromatic carbocycles. The van der Waals surface area contributed by atoms with Gasteiger partial charge in [0, 0.05) is 18.7 Å². The highest BCUT2D eigenvalue weighted by molar-refractivity contribution is 5.96. The van der Waals surface area contributed by atoms with Crippen LogP contribution < -0.4 is 10.6 Å². The minimum absolute atomic E-state index is 0.0403. The minimum Gasteiger partial charge on any atom is -0.351 e. The monoisotopic (exact) mass is 234 g/mol. The molecule has 1 amide bonds. The van der Waals surface area contributed by atoms with Crippen molar-refractivity contribution in [2.24, 2.45) is 0 Å². The molecular formula is C14H22N2O. The summed E-state index contributed by atoms with van der Waals surface area (Å²) >= 11 is 0. The molecule has 0 bridgehead atoms. The van der Waals surface area contributed by atoms with Crippen LogP contribution in [-0.4, -0.2) is 26.0 Å². The van der Waals surface area contributed by atoms with E-state index in [4.69, 9.17) is 0 Å². The average molecular weight is 234 g/mol. The third-order valence-electron chi connectivity index (χ3n) is 1.92. The summed E-state index contributed by atoms with van der Waals surface area (Å²) in [4.78, 5) is 11.6. The summed E-state index contributed by atoms with van der Waals surface area (Å²) < 4.78 is 0. The van der Waals surface area contributed by atoms with E-state index in [9.17, 15) is 4.79 Å². The Morgan fingerprint density at radius 1 is 1.06 bits per heavy atom. The lowest BCUT2D eigenvalue weighted by molar-refractivity contribution is -0.117. The van der Waals surface area contributed by atoms with Crippen LogP contribution in [-0.2, 0) is 4.79 Å². The standard InChI is InChI=1S/C12H16N2O.C2H6/c1-13-9-10-14-12(15)11-7-5-3-2-4-6-8-11;1-2/h2-8,13H,9-10H2,1H3,(H,14,15);1-2H3/b3-2-,4-2?,5-3?,6-4-,7-5-,8-6?,11-7?,11-8+;. The quantitative estimate of drug-likeness (QED) is 0.730. The van der Waals surface area contributed by atoms with E-state index in [1.807, 2.05) is 51.3 Å². The van der Waals surface area contributed by atoms with Crippen LogP contribution in [0.15, 0.2) is 48.1 Å². The van der Waals surface area contributed by atoms with Crippen molar-refractivity contribution in [2.75, 3.05) is 20.1 Å². The highest BCUT2D eigenvalue weighted by Crippen LogP contribution is 2.01. The number of hydrogen-bond acceptors (Lipinski definition) is 2. The Balaban J connectivity index is 0.00000121. The predicted molar refractivity (Wildman–Crippen MR) is 73.8 cm³/mol. The van der Waals surface area contributed by atoms with Crippen molar-refractivity contribution in [1.82, 2.24) is 10.6 Å². The highest BCUT2D eigenvalue weighted by Gasteiger charge is 2.03. The topological polar surface area (TPSA) is 41.1 Å². The van der Waals surface area contributed by atoms with E-state index in [2.05, 4.69) is 10.6 Å². The molecule has 0 atom stereocenters. The first-order valence-electron chi connectivity index (χ1n) is 5.99. The van der Waals surface area contributed by atoms with Gasteiger partial charge in [-0.05, 0) is 19.2 Å². The van der Waals surface area contributed by atoms with E-state index < -0.39 is 0 Å². The third-order valence-corrected chi connectivity index (χ3v) is 1.92. The molecule has 0 radical (unpaired) electrons. The van der Waals surface area contributed by atoms with Gasteiger partial charge in [-0.15, -0.1) is 0 Å². The summed E-state index contributed by atoms with van der Waals surface area (Å²) in [6.07, 6.45) is 13.0. The number of carbonyl (C=O) groups excluding carboxylic acids is 1. The molecule has 0 fully saturated rings. The molecule has 0 heterocycles. The highest BCUT2D eigenvalue weighted by atomic mass is 16.1. The summed E-state index contributed by atoms with van der Waals surface area (Å²) in [6, 6.07) is 0. The van der Waals surface area contributed by atoms with Crippen molar-refractivity contribution in [3.63, 3.8) is 0 Å². The zero-order valence-corrected chi connectivity index (χ0v) is 10.9. The van der Waals surface area contributed by atoms with E-state index in [1.165, 1.54) is 0 Å².